The Morgan fingerprint density at radius 2 is 2.10 bits per heavy atom. The lowest BCUT2D eigenvalue weighted by Crippen LogP contribution is -2.14. The topological polar surface area (TPSA) is 42.0 Å². The van der Waals surface area contributed by atoms with Crippen LogP contribution in [0, 0.1) is 11.8 Å². The molecule has 108 valence electrons. The summed E-state index contributed by atoms with van der Waals surface area (Å²) < 4.78 is 0. The first kappa shape index (κ1) is 14.1. The van der Waals surface area contributed by atoms with Crippen molar-refractivity contribution in [1.29, 1.82) is 0 Å². The first-order valence-corrected chi connectivity index (χ1v) is 8.13. The summed E-state index contributed by atoms with van der Waals surface area (Å²) >= 11 is 1.77. The molecule has 0 saturated heterocycles. The lowest BCUT2D eigenvalue weighted by molar-refractivity contribution is -0.117. The number of pyridine rings is 1. The van der Waals surface area contributed by atoms with E-state index in [0.717, 1.165) is 17.9 Å². The molecule has 1 N–H and O–H groups in total. The van der Waals surface area contributed by atoms with E-state index in [9.17, 15) is 4.79 Å². The van der Waals surface area contributed by atoms with Crippen molar-refractivity contribution in [2.45, 2.75) is 24.0 Å². The third-order valence-corrected chi connectivity index (χ3v) is 4.78. The lowest BCUT2D eigenvalue weighted by atomic mass is 10.3. The highest BCUT2D eigenvalue weighted by atomic mass is 32.2. The minimum atomic E-state index is 0.151. The number of carbonyl (C=O) groups excluding carboxylic acids is 1. The summed E-state index contributed by atoms with van der Waals surface area (Å²) in [5.74, 6) is 1.81. The lowest BCUT2D eigenvalue weighted by Gasteiger charge is -2.06. The SMILES string of the molecule is CC1CC1C(=O)Nc1ccc(SCc2cccnc2)cc1. The first-order valence-electron chi connectivity index (χ1n) is 7.15. The molecule has 4 heteroatoms. The molecular formula is C17H18N2OS. The standard InChI is InChI=1S/C17H18N2OS/c1-12-9-16(12)17(20)19-14-4-6-15(7-5-14)21-11-13-3-2-8-18-10-13/h2-8,10,12,16H,9,11H2,1H3,(H,19,20). The van der Waals surface area contributed by atoms with Crippen LogP contribution in [0.1, 0.15) is 18.9 Å². The minimum Gasteiger partial charge on any atom is -0.326 e. The zero-order chi connectivity index (χ0) is 14.7. The summed E-state index contributed by atoms with van der Waals surface area (Å²) in [6.07, 6.45) is 4.69. The molecule has 2 aromatic rings. The maximum atomic E-state index is 11.9. The number of nitrogens with zero attached hydrogens (tertiary/aromatic N) is 1. The fraction of sp³-hybridized carbons (Fsp3) is 0.294. The van der Waals surface area contributed by atoms with Crippen molar-refractivity contribution in [3.8, 4) is 0 Å². The summed E-state index contributed by atoms with van der Waals surface area (Å²) in [5, 5.41) is 2.98. The Morgan fingerprint density at radius 3 is 2.71 bits per heavy atom. The van der Waals surface area contributed by atoms with E-state index in [1.165, 1.54) is 10.5 Å². The molecule has 1 aliphatic carbocycles. The Labute approximate surface area is 129 Å². The van der Waals surface area contributed by atoms with Gasteiger partial charge in [-0.3, -0.25) is 9.78 Å². The quantitative estimate of drug-likeness (QED) is 0.849. The third-order valence-electron chi connectivity index (χ3n) is 3.70. The second-order valence-electron chi connectivity index (χ2n) is 5.48. The molecule has 0 bridgehead atoms. The average Bonchev–Trinajstić information content (AvgIpc) is 3.25. The Kier molecular flexibility index (Phi) is 4.25. The van der Waals surface area contributed by atoms with Gasteiger partial charge in [-0.25, -0.2) is 0 Å². The van der Waals surface area contributed by atoms with Crippen LogP contribution >= 0.6 is 11.8 Å². The average molecular weight is 298 g/mol. The van der Waals surface area contributed by atoms with Gasteiger partial charge in [-0.2, -0.15) is 0 Å². The molecule has 3 rings (SSSR count). The van der Waals surface area contributed by atoms with Gasteiger partial charge < -0.3 is 5.32 Å². The molecule has 1 amide bonds. The van der Waals surface area contributed by atoms with Crippen LogP contribution in [0.5, 0.6) is 0 Å². The molecule has 2 unspecified atom stereocenters. The summed E-state index contributed by atoms with van der Waals surface area (Å²) in [6.45, 7) is 2.11. The van der Waals surface area contributed by atoms with Crippen molar-refractivity contribution in [1.82, 2.24) is 4.98 Å². The van der Waals surface area contributed by atoms with Crippen molar-refractivity contribution >= 4 is 23.4 Å². The van der Waals surface area contributed by atoms with Crippen LogP contribution in [0.25, 0.3) is 0 Å². The Hall–Kier alpha value is -1.81. The molecule has 1 heterocycles. The van der Waals surface area contributed by atoms with Gasteiger partial charge in [0.15, 0.2) is 0 Å². The van der Waals surface area contributed by atoms with Gasteiger partial charge in [0.1, 0.15) is 0 Å². The van der Waals surface area contributed by atoms with Crippen molar-refractivity contribution < 1.29 is 4.79 Å². The van der Waals surface area contributed by atoms with E-state index in [1.54, 1.807) is 18.0 Å². The predicted molar refractivity (Wildman–Crippen MR) is 86.1 cm³/mol. The Balaban J connectivity index is 1.53. The van der Waals surface area contributed by atoms with E-state index in [0.29, 0.717) is 5.92 Å². The number of benzene rings is 1. The summed E-state index contributed by atoms with van der Waals surface area (Å²) in [6, 6.07) is 12.1. The fourth-order valence-electron chi connectivity index (χ4n) is 2.21. The summed E-state index contributed by atoms with van der Waals surface area (Å²) in [4.78, 5) is 17.2. The summed E-state index contributed by atoms with van der Waals surface area (Å²) in [7, 11) is 0. The van der Waals surface area contributed by atoms with Gasteiger partial charge in [-0.05, 0) is 48.2 Å². The molecule has 1 aromatic carbocycles. The van der Waals surface area contributed by atoms with E-state index in [4.69, 9.17) is 0 Å². The monoisotopic (exact) mass is 298 g/mol. The normalized spacial score (nSPS) is 20.0. The minimum absolute atomic E-state index is 0.151. The Morgan fingerprint density at radius 1 is 1.33 bits per heavy atom. The van der Waals surface area contributed by atoms with Gasteiger partial charge in [0.05, 0.1) is 0 Å². The second kappa shape index (κ2) is 6.31. The van der Waals surface area contributed by atoms with Crippen molar-refractivity contribution in [3.63, 3.8) is 0 Å². The van der Waals surface area contributed by atoms with E-state index in [1.807, 2.05) is 36.5 Å². The van der Waals surface area contributed by atoms with E-state index in [-0.39, 0.29) is 11.8 Å². The number of anilines is 1. The number of hydrogen-bond donors (Lipinski definition) is 1. The number of carbonyl (C=O) groups is 1. The zero-order valence-electron chi connectivity index (χ0n) is 12.0. The molecule has 0 radical (unpaired) electrons. The third kappa shape index (κ3) is 3.85. The van der Waals surface area contributed by atoms with Gasteiger partial charge in [0.25, 0.3) is 0 Å². The first-order chi connectivity index (χ1) is 10.2. The van der Waals surface area contributed by atoms with Gasteiger partial charge in [-0.15, -0.1) is 11.8 Å². The number of rotatable bonds is 5. The van der Waals surface area contributed by atoms with E-state index in [2.05, 4.69) is 23.3 Å². The highest BCUT2D eigenvalue weighted by molar-refractivity contribution is 7.98. The highest BCUT2D eigenvalue weighted by Gasteiger charge is 2.38. The van der Waals surface area contributed by atoms with Crippen LogP contribution in [-0.4, -0.2) is 10.9 Å². The van der Waals surface area contributed by atoms with Crippen molar-refractivity contribution in [3.05, 3.63) is 54.4 Å². The van der Waals surface area contributed by atoms with Crippen LogP contribution in [0.15, 0.2) is 53.7 Å². The summed E-state index contributed by atoms with van der Waals surface area (Å²) in [5.41, 5.74) is 2.09. The molecule has 0 aliphatic heterocycles. The largest absolute Gasteiger partial charge is 0.326 e. The number of hydrogen-bond acceptors (Lipinski definition) is 3. The van der Waals surface area contributed by atoms with Crippen LogP contribution in [-0.2, 0) is 10.5 Å². The zero-order valence-corrected chi connectivity index (χ0v) is 12.8. The molecule has 1 aliphatic rings. The number of amides is 1. The molecule has 21 heavy (non-hydrogen) atoms. The van der Waals surface area contributed by atoms with Gasteiger partial charge in [0, 0.05) is 34.6 Å². The van der Waals surface area contributed by atoms with Gasteiger partial charge in [0.2, 0.25) is 5.91 Å². The molecule has 3 nitrogen and oxygen atoms in total. The number of thioether (sulfide) groups is 1. The van der Waals surface area contributed by atoms with Crippen LogP contribution in [0.2, 0.25) is 0 Å². The molecule has 1 fully saturated rings. The Bertz CT molecular complexity index is 612. The predicted octanol–water partition coefficient (Wildman–Crippen LogP) is 3.97. The van der Waals surface area contributed by atoms with Crippen molar-refractivity contribution in [2.75, 3.05) is 5.32 Å². The smallest absolute Gasteiger partial charge is 0.227 e. The fourth-order valence-corrected chi connectivity index (χ4v) is 3.04. The second-order valence-corrected chi connectivity index (χ2v) is 6.53. The molecule has 0 spiro atoms. The molecule has 1 saturated carbocycles. The molecule has 1 aromatic heterocycles. The van der Waals surface area contributed by atoms with E-state index >= 15 is 0 Å². The molecule has 2 atom stereocenters. The molecular weight excluding hydrogens is 280 g/mol. The van der Waals surface area contributed by atoms with Gasteiger partial charge in [-0.1, -0.05) is 13.0 Å². The number of nitrogens with one attached hydrogen (secondary N) is 1. The highest BCUT2D eigenvalue weighted by Crippen LogP contribution is 2.38. The van der Waals surface area contributed by atoms with Gasteiger partial charge >= 0.3 is 0 Å². The van der Waals surface area contributed by atoms with Crippen LogP contribution in [0.4, 0.5) is 5.69 Å². The number of aromatic nitrogens is 1. The maximum Gasteiger partial charge on any atom is 0.227 e. The van der Waals surface area contributed by atoms with E-state index < -0.39 is 0 Å². The van der Waals surface area contributed by atoms with Crippen LogP contribution < -0.4 is 5.32 Å². The maximum absolute atomic E-state index is 11.9. The van der Waals surface area contributed by atoms with Crippen LogP contribution in [0.3, 0.4) is 0 Å². The van der Waals surface area contributed by atoms with Crippen molar-refractivity contribution in [2.24, 2.45) is 11.8 Å².